The predicted molar refractivity (Wildman–Crippen MR) is 102 cm³/mol. The largest absolute Gasteiger partial charge is 0.482 e. The highest BCUT2D eigenvalue weighted by Gasteiger charge is 2.12. The fourth-order valence-electron chi connectivity index (χ4n) is 2.23. The Balaban J connectivity index is 1.42. The van der Waals surface area contributed by atoms with E-state index in [1.165, 1.54) is 0 Å². The number of benzene rings is 2. The highest BCUT2D eigenvalue weighted by molar-refractivity contribution is 7.80. The number of ether oxygens (including phenoxy) is 3. The SMILES string of the molecule is O=C(O)COc1ccc(/C=N\NC(=S)NCc2ccc3c(c2)OCO3)cc1. The van der Waals surface area contributed by atoms with Gasteiger partial charge in [0.1, 0.15) is 5.75 Å². The summed E-state index contributed by atoms with van der Waals surface area (Å²) in [5.41, 5.74) is 4.55. The first kappa shape index (κ1) is 18.5. The van der Waals surface area contributed by atoms with E-state index in [9.17, 15) is 4.79 Å². The van der Waals surface area contributed by atoms with Crippen molar-refractivity contribution >= 4 is 29.5 Å². The molecular formula is C18H17N3O5S. The van der Waals surface area contributed by atoms with E-state index >= 15 is 0 Å². The number of hydrazone groups is 1. The van der Waals surface area contributed by atoms with Crippen LogP contribution in [0.2, 0.25) is 0 Å². The van der Waals surface area contributed by atoms with E-state index in [0.717, 1.165) is 22.6 Å². The van der Waals surface area contributed by atoms with Crippen LogP contribution in [0.4, 0.5) is 0 Å². The number of nitrogens with one attached hydrogen (secondary N) is 2. The van der Waals surface area contributed by atoms with Gasteiger partial charge in [-0.15, -0.1) is 0 Å². The molecule has 0 fully saturated rings. The van der Waals surface area contributed by atoms with Crippen LogP contribution in [0.1, 0.15) is 11.1 Å². The first-order valence-electron chi connectivity index (χ1n) is 8.00. The lowest BCUT2D eigenvalue weighted by atomic mass is 10.2. The molecular weight excluding hydrogens is 370 g/mol. The lowest BCUT2D eigenvalue weighted by Crippen LogP contribution is -2.31. The van der Waals surface area contributed by atoms with Gasteiger partial charge >= 0.3 is 5.97 Å². The number of fused-ring (bicyclic) bond motifs is 1. The molecule has 0 spiro atoms. The number of carboxylic acid groups (broad SMARTS) is 1. The third-order valence-corrected chi connectivity index (χ3v) is 3.75. The molecule has 9 heteroatoms. The Hall–Kier alpha value is -3.33. The summed E-state index contributed by atoms with van der Waals surface area (Å²) in [6.45, 7) is 0.388. The molecule has 27 heavy (non-hydrogen) atoms. The normalized spacial score (nSPS) is 12.0. The number of carboxylic acids is 1. The molecule has 1 aliphatic rings. The molecule has 3 N–H and O–H groups in total. The Morgan fingerprint density at radius 3 is 2.78 bits per heavy atom. The van der Waals surface area contributed by atoms with E-state index in [1.54, 1.807) is 30.5 Å². The second-order valence-electron chi connectivity index (χ2n) is 5.49. The summed E-state index contributed by atoms with van der Waals surface area (Å²) in [5, 5.41) is 16.1. The molecule has 2 aromatic carbocycles. The summed E-state index contributed by atoms with van der Waals surface area (Å²) in [7, 11) is 0. The van der Waals surface area contributed by atoms with Crippen molar-refractivity contribution in [2.24, 2.45) is 5.10 Å². The number of carbonyl (C=O) groups is 1. The number of hydrogen-bond acceptors (Lipinski definition) is 6. The van der Waals surface area contributed by atoms with Gasteiger partial charge in [0, 0.05) is 6.54 Å². The predicted octanol–water partition coefficient (Wildman–Crippen LogP) is 1.88. The van der Waals surface area contributed by atoms with Crippen molar-refractivity contribution in [3.63, 3.8) is 0 Å². The van der Waals surface area contributed by atoms with Gasteiger partial charge in [0.2, 0.25) is 6.79 Å². The first-order chi connectivity index (χ1) is 13.1. The van der Waals surface area contributed by atoms with Crippen LogP contribution < -0.4 is 25.0 Å². The van der Waals surface area contributed by atoms with E-state index < -0.39 is 5.97 Å². The summed E-state index contributed by atoms with van der Waals surface area (Å²) in [4.78, 5) is 10.5. The molecule has 0 atom stereocenters. The van der Waals surface area contributed by atoms with Crippen LogP contribution in [0.3, 0.4) is 0 Å². The van der Waals surface area contributed by atoms with Crippen LogP contribution in [-0.4, -0.2) is 35.8 Å². The summed E-state index contributed by atoms with van der Waals surface area (Å²) < 4.78 is 15.7. The summed E-state index contributed by atoms with van der Waals surface area (Å²) in [5.74, 6) is 0.917. The molecule has 0 aromatic heterocycles. The summed E-state index contributed by atoms with van der Waals surface area (Å²) in [6.07, 6.45) is 1.59. The quantitative estimate of drug-likeness (QED) is 0.376. The molecule has 0 saturated carbocycles. The zero-order chi connectivity index (χ0) is 19.1. The summed E-state index contributed by atoms with van der Waals surface area (Å²) in [6, 6.07) is 12.5. The minimum atomic E-state index is -1.02. The van der Waals surface area contributed by atoms with Gasteiger partial charge in [-0.1, -0.05) is 6.07 Å². The number of hydrogen-bond donors (Lipinski definition) is 3. The lowest BCUT2D eigenvalue weighted by molar-refractivity contribution is -0.139. The average molecular weight is 387 g/mol. The van der Waals surface area contributed by atoms with E-state index in [4.69, 9.17) is 31.5 Å². The standard InChI is InChI=1S/C18H17N3O5S/c22-17(23)10-24-14-4-1-12(2-5-14)9-20-21-18(27)19-8-13-3-6-15-16(7-13)26-11-25-15/h1-7,9H,8,10-11H2,(H,22,23)(H2,19,21,27)/b20-9-. The van der Waals surface area contributed by atoms with Crippen molar-refractivity contribution in [1.82, 2.24) is 10.7 Å². The Kier molecular flexibility index (Phi) is 6.06. The second-order valence-corrected chi connectivity index (χ2v) is 5.90. The van der Waals surface area contributed by atoms with E-state index in [-0.39, 0.29) is 13.4 Å². The van der Waals surface area contributed by atoms with Crippen LogP contribution in [-0.2, 0) is 11.3 Å². The highest BCUT2D eigenvalue weighted by atomic mass is 32.1. The van der Waals surface area contributed by atoms with E-state index in [2.05, 4.69) is 15.8 Å². The van der Waals surface area contributed by atoms with Crippen molar-refractivity contribution < 1.29 is 24.1 Å². The van der Waals surface area contributed by atoms with E-state index in [0.29, 0.717) is 17.4 Å². The molecule has 3 rings (SSSR count). The zero-order valence-electron chi connectivity index (χ0n) is 14.2. The molecule has 0 aliphatic carbocycles. The summed E-state index contributed by atoms with van der Waals surface area (Å²) >= 11 is 5.18. The third kappa shape index (κ3) is 5.58. The van der Waals surface area contributed by atoms with E-state index in [1.807, 2.05) is 18.2 Å². The van der Waals surface area contributed by atoms with Gasteiger partial charge in [0.25, 0.3) is 0 Å². The van der Waals surface area contributed by atoms with Crippen molar-refractivity contribution in [2.45, 2.75) is 6.54 Å². The van der Waals surface area contributed by atoms with Crippen molar-refractivity contribution in [3.8, 4) is 17.2 Å². The Bertz CT molecular complexity index is 855. The van der Waals surface area contributed by atoms with Gasteiger partial charge in [-0.25, -0.2) is 4.79 Å². The number of thiocarbonyl (C=S) groups is 1. The number of rotatable bonds is 7. The van der Waals surface area contributed by atoms with Gasteiger partial charge in [0.15, 0.2) is 23.2 Å². The van der Waals surface area contributed by atoms with Gasteiger partial charge in [-0.05, 0) is 59.7 Å². The fraction of sp³-hybridized carbons (Fsp3) is 0.167. The average Bonchev–Trinajstić information content (AvgIpc) is 3.13. The Labute approximate surface area is 160 Å². The van der Waals surface area contributed by atoms with Crippen molar-refractivity contribution in [2.75, 3.05) is 13.4 Å². The van der Waals surface area contributed by atoms with Crippen LogP contribution in [0.5, 0.6) is 17.2 Å². The fourth-order valence-corrected chi connectivity index (χ4v) is 2.36. The smallest absolute Gasteiger partial charge is 0.341 e. The molecule has 1 heterocycles. The third-order valence-electron chi connectivity index (χ3n) is 3.51. The molecule has 0 saturated heterocycles. The van der Waals surface area contributed by atoms with Crippen LogP contribution >= 0.6 is 12.2 Å². The Morgan fingerprint density at radius 2 is 2.00 bits per heavy atom. The monoisotopic (exact) mass is 387 g/mol. The van der Waals surface area contributed by atoms with Gasteiger partial charge in [0.05, 0.1) is 6.21 Å². The lowest BCUT2D eigenvalue weighted by Gasteiger charge is -2.07. The molecule has 1 aliphatic heterocycles. The molecule has 0 radical (unpaired) electrons. The molecule has 0 bridgehead atoms. The molecule has 140 valence electrons. The molecule has 0 amide bonds. The molecule has 8 nitrogen and oxygen atoms in total. The first-order valence-corrected chi connectivity index (χ1v) is 8.41. The maximum absolute atomic E-state index is 10.5. The topological polar surface area (TPSA) is 101 Å². The highest BCUT2D eigenvalue weighted by Crippen LogP contribution is 2.32. The van der Waals surface area contributed by atoms with Crippen molar-refractivity contribution in [3.05, 3.63) is 53.6 Å². The minimum absolute atomic E-state index is 0.244. The Morgan fingerprint density at radius 1 is 1.22 bits per heavy atom. The zero-order valence-corrected chi connectivity index (χ0v) is 15.0. The maximum atomic E-state index is 10.5. The number of nitrogens with zero attached hydrogens (tertiary/aromatic N) is 1. The van der Waals surface area contributed by atoms with Crippen LogP contribution in [0.15, 0.2) is 47.6 Å². The minimum Gasteiger partial charge on any atom is -0.482 e. The van der Waals surface area contributed by atoms with Gasteiger partial charge in [-0.2, -0.15) is 5.10 Å². The second kappa shape index (κ2) is 8.86. The maximum Gasteiger partial charge on any atom is 0.341 e. The molecule has 2 aromatic rings. The van der Waals surface area contributed by atoms with Gasteiger partial charge < -0.3 is 24.6 Å². The molecule has 0 unspecified atom stereocenters. The van der Waals surface area contributed by atoms with Crippen LogP contribution in [0.25, 0.3) is 0 Å². The van der Waals surface area contributed by atoms with Crippen LogP contribution in [0, 0.1) is 0 Å². The van der Waals surface area contributed by atoms with Crippen molar-refractivity contribution in [1.29, 1.82) is 0 Å². The van der Waals surface area contributed by atoms with Gasteiger partial charge in [-0.3, -0.25) is 5.43 Å². The number of aliphatic carboxylic acids is 1.